The number of sulfonamides is 1. The Kier molecular flexibility index (Phi) is 4.88. The minimum Gasteiger partial charge on any atom is -0.398 e. The summed E-state index contributed by atoms with van der Waals surface area (Å²) in [5.41, 5.74) is 7.70. The summed E-state index contributed by atoms with van der Waals surface area (Å²) in [6, 6.07) is 13.7. The first-order valence-corrected chi connectivity index (χ1v) is 8.49. The van der Waals surface area contributed by atoms with Crippen LogP contribution in [0.15, 0.2) is 48.5 Å². The van der Waals surface area contributed by atoms with Gasteiger partial charge in [-0.3, -0.25) is 0 Å². The van der Waals surface area contributed by atoms with Crippen molar-refractivity contribution in [1.29, 1.82) is 0 Å². The van der Waals surface area contributed by atoms with Crippen molar-refractivity contribution in [2.75, 3.05) is 5.73 Å². The molecule has 2 aromatic carbocycles. The maximum absolute atomic E-state index is 12.2. The van der Waals surface area contributed by atoms with Crippen LogP contribution in [0.5, 0.6) is 0 Å². The second-order valence-electron chi connectivity index (χ2n) is 4.85. The van der Waals surface area contributed by atoms with Crippen molar-refractivity contribution in [3.63, 3.8) is 0 Å². The normalized spacial score (nSPS) is 13.0. The van der Waals surface area contributed by atoms with Crippen molar-refractivity contribution in [2.45, 2.75) is 18.7 Å². The Morgan fingerprint density at radius 3 is 2.38 bits per heavy atom. The van der Waals surface area contributed by atoms with Gasteiger partial charge in [0.1, 0.15) is 0 Å². The minimum absolute atomic E-state index is 0.141. The van der Waals surface area contributed by atoms with Crippen molar-refractivity contribution in [1.82, 2.24) is 4.72 Å². The van der Waals surface area contributed by atoms with Crippen LogP contribution in [0.3, 0.4) is 0 Å². The molecule has 0 radical (unpaired) electrons. The summed E-state index contributed by atoms with van der Waals surface area (Å²) in [6.45, 7) is 1.79. The number of para-hydroxylation sites is 1. The lowest BCUT2D eigenvalue weighted by atomic mass is 10.1. The summed E-state index contributed by atoms with van der Waals surface area (Å²) < 4.78 is 27.1. The van der Waals surface area contributed by atoms with Crippen molar-refractivity contribution in [3.8, 4) is 0 Å². The third-order valence-corrected chi connectivity index (χ3v) is 4.78. The van der Waals surface area contributed by atoms with Crippen molar-refractivity contribution >= 4 is 27.3 Å². The predicted octanol–water partition coefficient (Wildman–Crippen LogP) is 3.10. The molecular weight excluding hydrogens is 308 g/mol. The number of hydrogen-bond donors (Lipinski definition) is 2. The fourth-order valence-corrected chi connectivity index (χ4v) is 3.56. The van der Waals surface area contributed by atoms with Gasteiger partial charge in [-0.2, -0.15) is 0 Å². The molecule has 4 nitrogen and oxygen atoms in total. The van der Waals surface area contributed by atoms with Crippen LogP contribution in [-0.4, -0.2) is 8.42 Å². The maximum atomic E-state index is 12.2. The van der Waals surface area contributed by atoms with Gasteiger partial charge in [-0.05, 0) is 36.2 Å². The number of nitrogens with two attached hydrogens (primary N) is 1. The van der Waals surface area contributed by atoms with Crippen LogP contribution in [0.2, 0.25) is 5.02 Å². The number of hydrogen-bond acceptors (Lipinski definition) is 3. The van der Waals surface area contributed by atoms with E-state index in [9.17, 15) is 8.42 Å². The summed E-state index contributed by atoms with van der Waals surface area (Å²) in [5.74, 6) is -0.141. The molecule has 112 valence electrons. The topological polar surface area (TPSA) is 72.2 Å². The van der Waals surface area contributed by atoms with E-state index in [1.807, 2.05) is 0 Å². The fraction of sp³-hybridized carbons (Fsp3) is 0.200. The lowest BCUT2D eigenvalue weighted by Crippen LogP contribution is -2.28. The zero-order chi connectivity index (χ0) is 15.5. The van der Waals surface area contributed by atoms with E-state index in [0.717, 1.165) is 5.56 Å². The number of anilines is 1. The number of benzene rings is 2. The molecule has 1 atom stereocenters. The van der Waals surface area contributed by atoms with Gasteiger partial charge in [-0.25, -0.2) is 13.1 Å². The summed E-state index contributed by atoms with van der Waals surface area (Å²) >= 11 is 5.82. The minimum atomic E-state index is -3.48. The van der Waals surface area contributed by atoms with E-state index in [1.54, 1.807) is 55.5 Å². The van der Waals surface area contributed by atoms with E-state index in [-0.39, 0.29) is 11.8 Å². The molecule has 21 heavy (non-hydrogen) atoms. The van der Waals surface area contributed by atoms with Crippen molar-refractivity contribution in [3.05, 3.63) is 64.7 Å². The average molecular weight is 325 g/mol. The smallest absolute Gasteiger partial charge is 0.216 e. The van der Waals surface area contributed by atoms with Crippen LogP contribution in [0.4, 0.5) is 5.69 Å². The SMILES string of the molecule is CC(NS(=O)(=O)Cc1ccccc1N)c1ccc(Cl)cc1. The number of halogens is 1. The lowest BCUT2D eigenvalue weighted by Gasteiger charge is -2.15. The Morgan fingerprint density at radius 2 is 1.76 bits per heavy atom. The molecular formula is C15H17ClN2O2S. The molecule has 2 aromatic rings. The van der Waals surface area contributed by atoms with E-state index in [0.29, 0.717) is 16.3 Å². The van der Waals surface area contributed by atoms with Gasteiger partial charge < -0.3 is 5.73 Å². The Bertz CT molecular complexity index is 715. The molecule has 0 amide bonds. The summed E-state index contributed by atoms with van der Waals surface area (Å²) in [4.78, 5) is 0. The molecule has 2 rings (SSSR count). The molecule has 0 saturated carbocycles. The standard InChI is InChI=1S/C15H17ClN2O2S/c1-11(12-6-8-14(16)9-7-12)18-21(19,20)10-13-4-2-3-5-15(13)17/h2-9,11,18H,10,17H2,1H3. The molecule has 6 heteroatoms. The van der Waals surface area contributed by atoms with E-state index in [1.165, 1.54) is 0 Å². The first kappa shape index (κ1) is 15.8. The average Bonchev–Trinajstić information content (AvgIpc) is 2.41. The van der Waals surface area contributed by atoms with Gasteiger partial charge >= 0.3 is 0 Å². The van der Waals surface area contributed by atoms with Gasteiger partial charge in [-0.15, -0.1) is 0 Å². The number of rotatable bonds is 5. The second kappa shape index (κ2) is 6.47. The first-order valence-electron chi connectivity index (χ1n) is 6.46. The molecule has 0 aromatic heterocycles. The number of nitrogen functional groups attached to an aromatic ring is 1. The fourth-order valence-electron chi connectivity index (χ4n) is 2.00. The van der Waals surface area contributed by atoms with E-state index < -0.39 is 10.0 Å². The van der Waals surface area contributed by atoms with Gasteiger partial charge in [0.15, 0.2) is 0 Å². The number of nitrogens with one attached hydrogen (secondary N) is 1. The highest BCUT2D eigenvalue weighted by Gasteiger charge is 2.17. The van der Waals surface area contributed by atoms with Gasteiger partial charge in [0.25, 0.3) is 0 Å². The monoisotopic (exact) mass is 324 g/mol. The van der Waals surface area contributed by atoms with Crippen LogP contribution in [0.1, 0.15) is 24.1 Å². The van der Waals surface area contributed by atoms with Crippen LogP contribution >= 0.6 is 11.6 Å². The summed E-state index contributed by atoms with van der Waals surface area (Å²) in [7, 11) is -3.48. The highest BCUT2D eigenvalue weighted by molar-refractivity contribution is 7.88. The third-order valence-electron chi connectivity index (χ3n) is 3.13. The summed E-state index contributed by atoms with van der Waals surface area (Å²) in [5, 5.41) is 0.617. The van der Waals surface area contributed by atoms with Gasteiger partial charge in [0.2, 0.25) is 10.0 Å². The third kappa shape index (κ3) is 4.46. The highest BCUT2D eigenvalue weighted by Crippen LogP contribution is 2.19. The van der Waals surface area contributed by atoms with Crippen LogP contribution in [-0.2, 0) is 15.8 Å². The Hall–Kier alpha value is -1.56. The Morgan fingerprint density at radius 1 is 1.14 bits per heavy atom. The Balaban J connectivity index is 2.10. The zero-order valence-corrected chi connectivity index (χ0v) is 13.2. The molecule has 0 aliphatic carbocycles. The second-order valence-corrected chi connectivity index (χ2v) is 7.04. The molecule has 0 saturated heterocycles. The lowest BCUT2D eigenvalue weighted by molar-refractivity contribution is 0.566. The van der Waals surface area contributed by atoms with E-state index in [4.69, 9.17) is 17.3 Å². The van der Waals surface area contributed by atoms with Crippen LogP contribution in [0.25, 0.3) is 0 Å². The molecule has 0 heterocycles. The first-order chi connectivity index (χ1) is 9.87. The largest absolute Gasteiger partial charge is 0.398 e. The van der Waals surface area contributed by atoms with E-state index in [2.05, 4.69) is 4.72 Å². The van der Waals surface area contributed by atoms with Crippen LogP contribution < -0.4 is 10.5 Å². The Labute approximate surface area is 130 Å². The molecule has 0 aliphatic rings. The molecule has 0 spiro atoms. The van der Waals surface area contributed by atoms with Crippen molar-refractivity contribution < 1.29 is 8.42 Å². The zero-order valence-electron chi connectivity index (χ0n) is 11.6. The van der Waals surface area contributed by atoms with Gasteiger partial charge in [-0.1, -0.05) is 41.9 Å². The maximum Gasteiger partial charge on any atom is 0.216 e. The van der Waals surface area contributed by atoms with Gasteiger partial charge in [0.05, 0.1) is 5.75 Å². The quantitative estimate of drug-likeness (QED) is 0.830. The summed E-state index contributed by atoms with van der Waals surface area (Å²) in [6.07, 6.45) is 0. The molecule has 1 unspecified atom stereocenters. The molecule has 3 N–H and O–H groups in total. The van der Waals surface area contributed by atoms with Gasteiger partial charge in [0, 0.05) is 16.8 Å². The molecule has 0 fully saturated rings. The molecule has 0 aliphatic heterocycles. The van der Waals surface area contributed by atoms with Crippen LogP contribution in [0, 0.1) is 0 Å². The van der Waals surface area contributed by atoms with E-state index >= 15 is 0 Å². The predicted molar refractivity (Wildman–Crippen MR) is 86.5 cm³/mol. The van der Waals surface area contributed by atoms with Crippen molar-refractivity contribution in [2.24, 2.45) is 0 Å². The highest BCUT2D eigenvalue weighted by atomic mass is 35.5. The molecule has 0 bridgehead atoms.